The lowest BCUT2D eigenvalue weighted by Crippen LogP contribution is -2.83. The second-order valence-electron chi connectivity index (χ2n) is 12.6. The van der Waals surface area contributed by atoms with Gasteiger partial charge >= 0.3 is 6.09 Å². The molecule has 4 saturated heterocycles. The minimum Gasteiger partial charge on any atom is -0.489 e. The number of piperidine rings is 2. The average molecular weight is 570 g/mol. The van der Waals surface area contributed by atoms with E-state index >= 15 is 0 Å². The maximum Gasteiger partial charge on any atom is 0.419 e. The number of nitrogens with one attached hydrogen (secondary N) is 1. The molecule has 2 amide bonds. The van der Waals surface area contributed by atoms with E-state index in [0.29, 0.717) is 54.6 Å². The van der Waals surface area contributed by atoms with E-state index in [1.165, 1.54) is 10.8 Å². The molecule has 3 aromatic rings. The van der Waals surface area contributed by atoms with Crippen LogP contribution < -0.4 is 10.1 Å². The summed E-state index contributed by atoms with van der Waals surface area (Å²) in [4.78, 5) is 57.3. The molecule has 0 aliphatic carbocycles. The Labute approximate surface area is 244 Å². The number of nitrogens with zero attached hydrogens (tertiary/aromatic N) is 2. The SMILES string of the molecule is C=C(C)[C@@H]1CC23CCCN2C(=O)[C@@]1(C(=O)c1cn(C(=O)OC(C)(C)C)c2cc(OCc4ccccc4)ccc12)NC3=O. The van der Waals surface area contributed by atoms with Crippen molar-refractivity contribution in [2.45, 2.75) is 70.2 Å². The number of fused-ring (bicyclic) bond motifs is 3. The quantitative estimate of drug-likeness (QED) is 0.254. The molecule has 9 nitrogen and oxygen atoms in total. The monoisotopic (exact) mass is 569 g/mol. The lowest BCUT2D eigenvalue weighted by Gasteiger charge is -2.58. The number of Topliss-reactive ketones (excluding diaryl/α,β-unsaturated/α-hetero) is 1. The molecular formula is C33H35N3O6. The van der Waals surface area contributed by atoms with Crippen molar-refractivity contribution in [2.24, 2.45) is 5.92 Å². The maximum atomic E-state index is 14.7. The van der Waals surface area contributed by atoms with Crippen molar-refractivity contribution >= 4 is 34.6 Å². The van der Waals surface area contributed by atoms with Crippen molar-refractivity contribution in [3.05, 3.63) is 78.0 Å². The molecule has 1 N–H and O–H groups in total. The highest BCUT2D eigenvalue weighted by atomic mass is 16.6. The number of ether oxygens (including phenoxy) is 2. The van der Waals surface area contributed by atoms with Gasteiger partial charge in [-0.25, -0.2) is 4.79 Å². The molecule has 3 atom stereocenters. The van der Waals surface area contributed by atoms with Crippen molar-refractivity contribution in [1.29, 1.82) is 0 Å². The van der Waals surface area contributed by atoms with Crippen LogP contribution in [0.3, 0.4) is 0 Å². The van der Waals surface area contributed by atoms with Crippen molar-refractivity contribution in [3.63, 3.8) is 0 Å². The van der Waals surface area contributed by atoms with E-state index in [1.807, 2.05) is 30.3 Å². The zero-order valence-electron chi connectivity index (χ0n) is 24.4. The molecule has 5 heterocycles. The second-order valence-corrected chi connectivity index (χ2v) is 12.6. The van der Waals surface area contributed by atoms with Gasteiger partial charge in [0.25, 0.3) is 5.91 Å². The summed E-state index contributed by atoms with van der Waals surface area (Å²) in [5.41, 5.74) is -1.43. The molecule has 2 aromatic carbocycles. The predicted molar refractivity (Wildman–Crippen MR) is 156 cm³/mol. The van der Waals surface area contributed by atoms with E-state index in [0.717, 1.165) is 5.56 Å². The standard InChI is InChI=1S/C33H35N3O6/c1-20(2)25-17-32-14-9-15-36(32)29(39)33(25,34-28(32)38)27(37)24-18-35(30(40)42-31(3,4)5)26-16-22(12-13-23(24)26)41-19-21-10-7-6-8-11-21/h6-8,10-13,16,18,25H,1,9,14-15,17,19H2,2-5H3,(H,34,38)/t25-,32?,33+/m0/s1. The fraction of sp³-hybridized carbons (Fsp3) is 0.394. The average Bonchev–Trinajstić information content (AvgIpc) is 3.55. The first kappa shape index (κ1) is 27.8. The van der Waals surface area contributed by atoms with Gasteiger partial charge in [0.15, 0.2) is 5.54 Å². The van der Waals surface area contributed by atoms with Crippen LogP contribution in [0.5, 0.6) is 5.75 Å². The Hall–Kier alpha value is -4.40. The van der Waals surface area contributed by atoms with Crippen LogP contribution in [-0.4, -0.2) is 56.4 Å². The van der Waals surface area contributed by atoms with Crippen LogP contribution in [0.15, 0.2) is 66.9 Å². The third kappa shape index (κ3) is 4.13. The second kappa shape index (κ2) is 9.58. The van der Waals surface area contributed by atoms with Crippen LogP contribution in [-0.2, 0) is 20.9 Å². The molecule has 1 aromatic heterocycles. The van der Waals surface area contributed by atoms with Crippen molar-refractivity contribution < 1.29 is 28.7 Å². The smallest absolute Gasteiger partial charge is 0.419 e. The molecule has 9 heteroatoms. The number of rotatable bonds is 6. The zero-order valence-corrected chi connectivity index (χ0v) is 24.4. The van der Waals surface area contributed by atoms with Gasteiger partial charge in [-0.2, -0.15) is 0 Å². The number of amides is 2. The third-order valence-electron chi connectivity index (χ3n) is 8.68. The van der Waals surface area contributed by atoms with E-state index in [1.54, 1.807) is 50.8 Å². The van der Waals surface area contributed by atoms with Gasteiger partial charge < -0.3 is 19.7 Å². The van der Waals surface area contributed by atoms with Crippen molar-refractivity contribution in [1.82, 2.24) is 14.8 Å². The molecule has 4 aliphatic heterocycles. The largest absolute Gasteiger partial charge is 0.489 e. The van der Waals surface area contributed by atoms with Crippen LogP contribution in [0.2, 0.25) is 0 Å². The van der Waals surface area contributed by atoms with E-state index in [4.69, 9.17) is 9.47 Å². The highest BCUT2D eigenvalue weighted by molar-refractivity contribution is 6.27. The van der Waals surface area contributed by atoms with E-state index in [2.05, 4.69) is 11.9 Å². The molecule has 1 unspecified atom stereocenters. The number of ketones is 1. The lowest BCUT2D eigenvalue weighted by atomic mass is 9.61. The minimum atomic E-state index is -1.84. The Balaban J connectivity index is 1.46. The summed E-state index contributed by atoms with van der Waals surface area (Å²) in [5, 5.41) is 3.31. The molecule has 0 radical (unpaired) electrons. The predicted octanol–water partition coefficient (Wildman–Crippen LogP) is 5.01. The Morgan fingerprint density at radius 3 is 2.55 bits per heavy atom. The number of carbonyl (C=O) groups excluding carboxylic acids is 4. The van der Waals surface area contributed by atoms with Crippen molar-refractivity contribution in [2.75, 3.05) is 6.54 Å². The van der Waals surface area contributed by atoms with Gasteiger partial charge in [0, 0.05) is 35.7 Å². The fourth-order valence-corrected chi connectivity index (χ4v) is 6.75. The zero-order chi connectivity index (χ0) is 30.0. The Morgan fingerprint density at radius 1 is 1.12 bits per heavy atom. The Bertz CT molecular complexity index is 1650. The van der Waals surface area contributed by atoms with Gasteiger partial charge in [0.1, 0.15) is 23.5 Å². The number of piperazine rings is 1. The molecule has 7 rings (SSSR count). The topological polar surface area (TPSA) is 107 Å². The van der Waals surface area contributed by atoms with E-state index in [-0.39, 0.29) is 11.5 Å². The van der Waals surface area contributed by atoms with Crippen LogP contribution in [0.4, 0.5) is 4.79 Å². The first-order valence-corrected chi connectivity index (χ1v) is 14.3. The number of benzene rings is 2. The van der Waals surface area contributed by atoms with Gasteiger partial charge in [-0.15, -0.1) is 0 Å². The summed E-state index contributed by atoms with van der Waals surface area (Å²) in [6.45, 7) is 11.9. The highest BCUT2D eigenvalue weighted by Crippen LogP contribution is 2.52. The minimum absolute atomic E-state index is 0.138. The number of hydrogen-bond acceptors (Lipinski definition) is 6. The Kier molecular flexibility index (Phi) is 6.33. The summed E-state index contributed by atoms with van der Waals surface area (Å²) < 4.78 is 13.0. The highest BCUT2D eigenvalue weighted by Gasteiger charge is 2.71. The molecule has 4 aliphatic rings. The van der Waals surface area contributed by atoms with Gasteiger partial charge in [-0.3, -0.25) is 19.0 Å². The summed E-state index contributed by atoms with van der Waals surface area (Å²) in [6.07, 6.45) is 2.32. The molecular weight excluding hydrogens is 534 g/mol. The third-order valence-corrected chi connectivity index (χ3v) is 8.68. The van der Waals surface area contributed by atoms with Crippen LogP contribution in [0.1, 0.15) is 62.9 Å². The van der Waals surface area contributed by atoms with Crippen LogP contribution >= 0.6 is 0 Å². The van der Waals surface area contributed by atoms with Gasteiger partial charge in [0.2, 0.25) is 11.7 Å². The Morgan fingerprint density at radius 2 is 1.86 bits per heavy atom. The molecule has 1 spiro atoms. The number of hydrogen-bond donors (Lipinski definition) is 1. The summed E-state index contributed by atoms with van der Waals surface area (Å²) in [7, 11) is 0. The van der Waals surface area contributed by atoms with Gasteiger partial charge in [-0.05, 0) is 64.7 Å². The van der Waals surface area contributed by atoms with Crippen LogP contribution in [0.25, 0.3) is 10.9 Å². The first-order chi connectivity index (χ1) is 19.9. The molecule has 42 heavy (non-hydrogen) atoms. The number of aromatic nitrogens is 1. The normalized spacial score (nSPS) is 24.9. The molecule has 218 valence electrons. The number of carbonyl (C=O) groups is 4. The molecule has 0 saturated carbocycles. The first-order valence-electron chi connectivity index (χ1n) is 14.3. The van der Waals surface area contributed by atoms with Gasteiger partial charge in [-0.1, -0.05) is 42.5 Å². The van der Waals surface area contributed by atoms with E-state index in [9.17, 15) is 19.2 Å². The molecule has 2 bridgehead atoms. The maximum absolute atomic E-state index is 14.7. The lowest BCUT2D eigenvalue weighted by molar-refractivity contribution is -0.169. The van der Waals surface area contributed by atoms with Gasteiger partial charge in [0.05, 0.1) is 5.52 Å². The fourth-order valence-electron chi connectivity index (χ4n) is 6.75. The summed E-state index contributed by atoms with van der Waals surface area (Å²) >= 11 is 0. The summed E-state index contributed by atoms with van der Waals surface area (Å²) in [6, 6.07) is 14.8. The van der Waals surface area contributed by atoms with E-state index < -0.39 is 40.4 Å². The summed E-state index contributed by atoms with van der Waals surface area (Å²) in [5.74, 6) is -1.38. The molecule has 4 fully saturated rings. The van der Waals surface area contributed by atoms with Crippen molar-refractivity contribution in [3.8, 4) is 5.75 Å². The van der Waals surface area contributed by atoms with Crippen LogP contribution in [0, 0.1) is 5.92 Å².